The Morgan fingerprint density at radius 2 is 2.19 bits per heavy atom. The summed E-state index contributed by atoms with van der Waals surface area (Å²) in [5, 5.41) is 0. The molecule has 2 amide bonds. The molecule has 7 heteroatoms. The first-order valence-electron chi connectivity index (χ1n) is 9.62. The number of hydrogen-bond donors (Lipinski definition) is 0. The van der Waals surface area contributed by atoms with E-state index in [9.17, 15) is 9.59 Å². The molecule has 2 aliphatic rings. The van der Waals surface area contributed by atoms with E-state index in [1.165, 1.54) is 0 Å². The molecule has 2 aliphatic heterocycles. The van der Waals surface area contributed by atoms with Gasteiger partial charge in [0.25, 0.3) is 0 Å². The predicted octanol–water partition coefficient (Wildman–Crippen LogP) is 1.54. The molecule has 7 nitrogen and oxygen atoms in total. The Bertz CT molecular complexity index is 604. The lowest BCUT2D eigenvalue weighted by molar-refractivity contribution is -0.143. The van der Waals surface area contributed by atoms with Gasteiger partial charge in [0.15, 0.2) is 0 Å². The van der Waals surface area contributed by atoms with Gasteiger partial charge in [0.05, 0.1) is 6.33 Å². The third-order valence-electron chi connectivity index (χ3n) is 5.68. The molecule has 144 valence electrons. The van der Waals surface area contributed by atoms with Crippen molar-refractivity contribution in [1.29, 1.82) is 0 Å². The first kappa shape index (κ1) is 18.9. The lowest BCUT2D eigenvalue weighted by Gasteiger charge is -2.48. The molecule has 0 saturated carbocycles. The Morgan fingerprint density at radius 3 is 2.96 bits per heavy atom. The molecule has 0 bridgehead atoms. The third-order valence-corrected chi connectivity index (χ3v) is 5.68. The van der Waals surface area contributed by atoms with Crippen LogP contribution in [0.4, 0.5) is 0 Å². The minimum absolute atomic E-state index is 0.0733. The summed E-state index contributed by atoms with van der Waals surface area (Å²) >= 11 is 0. The number of carbonyl (C=O) groups is 2. The van der Waals surface area contributed by atoms with Crippen LogP contribution in [0, 0.1) is 5.41 Å². The highest BCUT2D eigenvalue weighted by atomic mass is 16.5. The lowest BCUT2D eigenvalue weighted by atomic mass is 9.73. The molecule has 0 aliphatic carbocycles. The molecule has 3 rings (SSSR count). The van der Waals surface area contributed by atoms with Gasteiger partial charge in [-0.3, -0.25) is 9.59 Å². The molecular weight excluding hydrogens is 332 g/mol. The summed E-state index contributed by atoms with van der Waals surface area (Å²) in [5.41, 5.74) is 0.0733. The van der Waals surface area contributed by atoms with Gasteiger partial charge >= 0.3 is 0 Å². The van der Waals surface area contributed by atoms with Gasteiger partial charge in [-0.05, 0) is 25.7 Å². The van der Waals surface area contributed by atoms with Crippen LogP contribution in [-0.4, -0.2) is 71.1 Å². The molecule has 1 spiro atoms. The second-order valence-electron chi connectivity index (χ2n) is 7.63. The zero-order valence-corrected chi connectivity index (χ0v) is 15.7. The average molecular weight is 362 g/mol. The normalized spacial score (nSPS) is 23.7. The van der Waals surface area contributed by atoms with E-state index in [0.29, 0.717) is 26.0 Å². The Morgan fingerprint density at radius 1 is 1.31 bits per heavy atom. The highest BCUT2D eigenvalue weighted by Gasteiger charge is 2.42. The first-order chi connectivity index (χ1) is 12.6. The molecule has 26 heavy (non-hydrogen) atoms. The number of aromatic nitrogens is 2. The predicted molar refractivity (Wildman–Crippen MR) is 97.4 cm³/mol. The Hall–Kier alpha value is -1.89. The van der Waals surface area contributed by atoms with Crippen molar-refractivity contribution in [3.05, 3.63) is 18.7 Å². The van der Waals surface area contributed by atoms with Crippen LogP contribution in [0.2, 0.25) is 0 Å². The zero-order chi connectivity index (χ0) is 18.4. The maximum atomic E-state index is 12.7. The zero-order valence-electron chi connectivity index (χ0n) is 15.7. The summed E-state index contributed by atoms with van der Waals surface area (Å²) in [4.78, 5) is 33.0. The van der Waals surface area contributed by atoms with Gasteiger partial charge in [0.2, 0.25) is 11.8 Å². The SMILES string of the molecule is COCCCN1C[C@]2(CCCN(C(=O)CCn3ccnc3)C2)CCC1=O. The number of ether oxygens (including phenoxy) is 1. The van der Waals surface area contributed by atoms with E-state index in [0.717, 1.165) is 51.9 Å². The summed E-state index contributed by atoms with van der Waals surface area (Å²) < 4.78 is 7.05. The fourth-order valence-electron chi connectivity index (χ4n) is 4.26. The number of amides is 2. The number of piperidine rings is 2. The highest BCUT2D eigenvalue weighted by Crippen LogP contribution is 2.39. The molecule has 3 heterocycles. The van der Waals surface area contributed by atoms with E-state index in [-0.39, 0.29) is 17.2 Å². The van der Waals surface area contributed by atoms with Crippen molar-refractivity contribution >= 4 is 11.8 Å². The van der Waals surface area contributed by atoms with Crippen molar-refractivity contribution in [3.63, 3.8) is 0 Å². The monoisotopic (exact) mass is 362 g/mol. The standard InChI is InChI=1S/C19H30N4O3/c1-26-13-3-10-23-15-19(7-4-17(23)24)6-2-9-22(14-19)18(25)5-11-21-12-8-20-16-21/h8,12,16H,2-7,9-11,13-15H2,1H3/t19-/m1/s1. The Balaban J connectivity index is 1.55. The lowest BCUT2D eigenvalue weighted by Crippen LogP contribution is -2.55. The van der Waals surface area contributed by atoms with E-state index < -0.39 is 0 Å². The van der Waals surface area contributed by atoms with Crippen LogP contribution in [0.15, 0.2) is 18.7 Å². The van der Waals surface area contributed by atoms with Gasteiger partial charge in [-0.2, -0.15) is 0 Å². The largest absolute Gasteiger partial charge is 0.385 e. The van der Waals surface area contributed by atoms with Crippen molar-refractivity contribution in [1.82, 2.24) is 19.4 Å². The average Bonchev–Trinajstić information content (AvgIpc) is 3.17. The van der Waals surface area contributed by atoms with E-state index in [1.54, 1.807) is 19.6 Å². The summed E-state index contributed by atoms with van der Waals surface area (Å²) in [7, 11) is 1.69. The van der Waals surface area contributed by atoms with Crippen LogP contribution in [0.3, 0.4) is 0 Å². The summed E-state index contributed by atoms with van der Waals surface area (Å²) in [6, 6.07) is 0. The third kappa shape index (κ3) is 4.63. The molecule has 0 aromatic carbocycles. The van der Waals surface area contributed by atoms with Crippen LogP contribution >= 0.6 is 0 Å². The number of imidazole rings is 1. The number of likely N-dealkylation sites (tertiary alicyclic amines) is 2. The smallest absolute Gasteiger partial charge is 0.224 e. The highest BCUT2D eigenvalue weighted by molar-refractivity contribution is 5.78. The van der Waals surface area contributed by atoms with Crippen LogP contribution in [0.25, 0.3) is 0 Å². The maximum Gasteiger partial charge on any atom is 0.224 e. The first-order valence-corrected chi connectivity index (χ1v) is 9.62. The van der Waals surface area contributed by atoms with E-state index in [1.807, 2.05) is 20.6 Å². The van der Waals surface area contributed by atoms with Gasteiger partial charge in [-0.15, -0.1) is 0 Å². The number of rotatable bonds is 7. The minimum Gasteiger partial charge on any atom is -0.385 e. The minimum atomic E-state index is 0.0733. The molecule has 0 radical (unpaired) electrons. The van der Waals surface area contributed by atoms with Crippen LogP contribution < -0.4 is 0 Å². The van der Waals surface area contributed by atoms with Crippen molar-refractivity contribution in [3.8, 4) is 0 Å². The second kappa shape index (κ2) is 8.66. The number of nitrogens with zero attached hydrogens (tertiary/aromatic N) is 4. The van der Waals surface area contributed by atoms with Crippen LogP contribution in [0.1, 0.15) is 38.5 Å². The van der Waals surface area contributed by atoms with E-state index in [4.69, 9.17) is 4.74 Å². The Labute approximate surface area is 155 Å². The molecule has 2 fully saturated rings. The van der Waals surface area contributed by atoms with Gasteiger partial charge in [0, 0.05) is 77.1 Å². The van der Waals surface area contributed by atoms with Crippen LogP contribution in [-0.2, 0) is 20.9 Å². The van der Waals surface area contributed by atoms with E-state index >= 15 is 0 Å². The molecule has 2 saturated heterocycles. The van der Waals surface area contributed by atoms with Gasteiger partial charge in [0.1, 0.15) is 0 Å². The van der Waals surface area contributed by atoms with Crippen molar-refractivity contribution in [2.45, 2.75) is 45.1 Å². The molecule has 1 aromatic rings. The van der Waals surface area contributed by atoms with Gasteiger partial charge in [-0.25, -0.2) is 4.98 Å². The number of methoxy groups -OCH3 is 1. The fraction of sp³-hybridized carbons (Fsp3) is 0.737. The van der Waals surface area contributed by atoms with E-state index in [2.05, 4.69) is 4.98 Å². The van der Waals surface area contributed by atoms with Crippen LogP contribution in [0.5, 0.6) is 0 Å². The number of carbonyl (C=O) groups excluding carboxylic acids is 2. The fourth-order valence-corrected chi connectivity index (χ4v) is 4.26. The van der Waals surface area contributed by atoms with Gasteiger partial charge < -0.3 is 19.1 Å². The molecule has 1 atom stereocenters. The quantitative estimate of drug-likeness (QED) is 0.690. The second-order valence-corrected chi connectivity index (χ2v) is 7.63. The van der Waals surface area contributed by atoms with Crippen molar-refractivity contribution in [2.24, 2.45) is 5.41 Å². The molecule has 1 aromatic heterocycles. The van der Waals surface area contributed by atoms with Crippen molar-refractivity contribution < 1.29 is 14.3 Å². The number of hydrogen-bond acceptors (Lipinski definition) is 4. The molecular formula is C19H30N4O3. The Kier molecular flexibility index (Phi) is 6.29. The number of aryl methyl sites for hydroxylation is 1. The summed E-state index contributed by atoms with van der Waals surface area (Å²) in [6.07, 6.45) is 10.4. The van der Waals surface area contributed by atoms with Crippen molar-refractivity contribution in [2.75, 3.05) is 39.9 Å². The summed E-state index contributed by atoms with van der Waals surface area (Å²) in [5.74, 6) is 0.455. The molecule has 0 N–H and O–H groups in total. The molecule has 0 unspecified atom stereocenters. The van der Waals surface area contributed by atoms with Gasteiger partial charge in [-0.1, -0.05) is 0 Å². The summed E-state index contributed by atoms with van der Waals surface area (Å²) in [6.45, 7) is 4.50. The topological polar surface area (TPSA) is 67.7 Å². The maximum absolute atomic E-state index is 12.7.